The molecule has 0 aromatic carbocycles. The Hall–Kier alpha value is -0.340. The highest BCUT2D eigenvalue weighted by atomic mass is 16.6. The summed E-state index contributed by atoms with van der Waals surface area (Å²) >= 11 is 0. The predicted octanol–water partition coefficient (Wildman–Crippen LogP) is 2.78. The number of hydrogen-bond acceptors (Lipinski definition) is 2. The first-order valence-electron chi connectivity index (χ1n) is 5.35. The molecule has 0 aromatic rings. The Morgan fingerprint density at radius 3 is 2.71 bits per heavy atom. The average molecular weight is 198 g/mol. The lowest BCUT2D eigenvalue weighted by Crippen LogP contribution is -2.36. The van der Waals surface area contributed by atoms with Crippen LogP contribution in [0.25, 0.3) is 0 Å². The van der Waals surface area contributed by atoms with E-state index in [1.807, 2.05) is 6.08 Å². The molecule has 1 aliphatic rings. The van der Waals surface area contributed by atoms with E-state index in [0.29, 0.717) is 12.0 Å². The van der Waals surface area contributed by atoms with Gasteiger partial charge in [0, 0.05) is 13.5 Å². The van der Waals surface area contributed by atoms with Crippen LogP contribution in [0, 0.1) is 5.92 Å². The molecule has 3 unspecified atom stereocenters. The van der Waals surface area contributed by atoms with Crippen LogP contribution in [0.3, 0.4) is 0 Å². The topological polar surface area (TPSA) is 18.5 Å². The number of methoxy groups -OCH3 is 1. The van der Waals surface area contributed by atoms with Gasteiger partial charge in [-0.25, -0.2) is 0 Å². The van der Waals surface area contributed by atoms with Crippen LogP contribution in [0.1, 0.15) is 33.6 Å². The van der Waals surface area contributed by atoms with E-state index in [-0.39, 0.29) is 11.7 Å². The van der Waals surface area contributed by atoms with Crippen LogP contribution in [-0.4, -0.2) is 24.9 Å². The fourth-order valence-corrected chi connectivity index (χ4v) is 2.15. The second-order valence-electron chi connectivity index (χ2n) is 4.67. The maximum absolute atomic E-state index is 6.06. The standard InChI is InChI=1S/C12H22O2/c1-6-7-12(4)11(13-5)8-10(14-12)9(2)3/h6,9-11H,1,7-8H2,2-5H3. The normalized spacial score (nSPS) is 37.8. The van der Waals surface area contributed by atoms with Gasteiger partial charge in [0.2, 0.25) is 0 Å². The van der Waals surface area contributed by atoms with Gasteiger partial charge in [-0.15, -0.1) is 6.58 Å². The van der Waals surface area contributed by atoms with Crippen LogP contribution in [-0.2, 0) is 9.47 Å². The summed E-state index contributed by atoms with van der Waals surface area (Å²) in [5.74, 6) is 0.555. The van der Waals surface area contributed by atoms with Crippen molar-refractivity contribution >= 4 is 0 Å². The van der Waals surface area contributed by atoms with Gasteiger partial charge in [0.05, 0.1) is 17.8 Å². The minimum Gasteiger partial charge on any atom is -0.378 e. The van der Waals surface area contributed by atoms with Crippen molar-refractivity contribution in [2.75, 3.05) is 7.11 Å². The second-order valence-corrected chi connectivity index (χ2v) is 4.67. The van der Waals surface area contributed by atoms with E-state index in [1.54, 1.807) is 7.11 Å². The number of ether oxygens (including phenoxy) is 2. The summed E-state index contributed by atoms with van der Waals surface area (Å²) < 4.78 is 11.5. The van der Waals surface area contributed by atoms with Gasteiger partial charge in [0.15, 0.2) is 0 Å². The summed E-state index contributed by atoms with van der Waals surface area (Å²) in [5, 5.41) is 0. The third kappa shape index (κ3) is 2.18. The Kier molecular flexibility index (Phi) is 3.73. The number of hydrogen-bond donors (Lipinski definition) is 0. The highest BCUT2D eigenvalue weighted by Gasteiger charge is 2.45. The average Bonchev–Trinajstić information content (AvgIpc) is 2.43. The van der Waals surface area contributed by atoms with Crippen molar-refractivity contribution in [3.63, 3.8) is 0 Å². The molecule has 0 spiro atoms. The summed E-state index contributed by atoms with van der Waals surface area (Å²) in [6.45, 7) is 10.3. The van der Waals surface area contributed by atoms with Crippen molar-refractivity contribution < 1.29 is 9.47 Å². The highest BCUT2D eigenvalue weighted by molar-refractivity contribution is 4.98. The molecule has 1 saturated heterocycles. The van der Waals surface area contributed by atoms with E-state index in [9.17, 15) is 0 Å². The van der Waals surface area contributed by atoms with Crippen LogP contribution in [0.4, 0.5) is 0 Å². The first-order chi connectivity index (χ1) is 6.53. The van der Waals surface area contributed by atoms with E-state index in [0.717, 1.165) is 12.8 Å². The predicted molar refractivity (Wildman–Crippen MR) is 58.3 cm³/mol. The molecule has 0 aromatic heterocycles. The zero-order valence-corrected chi connectivity index (χ0v) is 9.75. The molecular weight excluding hydrogens is 176 g/mol. The van der Waals surface area contributed by atoms with Crippen molar-refractivity contribution in [1.82, 2.24) is 0 Å². The van der Waals surface area contributed by atoms with Crippen LogP contribution in [0.5, 0.6) is 0 Å². The van der Waals surface area contributed by atoms with Gasteiger partial charge in [-0.3, -0.25) is 0 Å². The summed E-state index contributed by atoms with van der Waals surface area (Å²) in [6, 6.07) is 0. The van der Waals surface area contributed by atoms with Crippen molar-refractivity contribution in [3.8, 4) is 0 Å². The largest absolute Gasteiger partial charge is 0.378 e. The zero-order valence-electron chi connectivity index (χ0n) is 9.75. The van der Waals surface area contributed by atoms with Crippen molar-refractivity contribution in [2.24, 2.45) is 5.92 Å². The van der Waals surface area contributed by atoms with E-state index in [2.05, 4.69) is 27.4 Å². The SMILES string of the molecule is C=CCC1(C)OC(C(C)C)CC1OC. The Morgan fingerprint density at radius 1 is 1.64 bits per heavy atom. The Bertz CT molecular complexity index is 200. The lowest BCUT2D eigenvalue weighted by molar-refractivity contribution is -0.0869. The zero-order chi connectivity index (χ0) is 10.8. The molecule has 0 radical (unpaired) electrons. The van der Waals surface area contributed by atoms with Crippen LogP contribution >= 0.6 is 0 Å². The molecule has 1 heterocycles. The first kappa shape index (κ1) is 11.7. The van der Waals surface area contributed by atoms with E-state index in [4.69, 9.17) is 9.47 Å². The Morgan fingerprint density at radius 2 is 2.29 bits per heavy atom. The van der Waals surface area contributed by atoms with Gasteiger partial charge in [-0.2, -0.15) is 0 Å². The molecule has 0 saturated carbocycles. The molecule has 0 bridgehead atoms. The van der Waals surface area contributed by atoms with Crippen molar-refractivity contribution in [1.29, 1.82) is 0 Å². The molecule has 14 heavy (non-hydrogen) atoms. The van der Waals surface area contributed by atoms with Gasteiger partial charge >= 0.3 is 0 Å². The molecule has 0 N–H and O–H groups in total. The monoisotopic (exact) mass is 198 g/mol. The van der Waals surface area contributed by atoms with Gasteiger partial charge < -0.3 is 9.47 Å². The van der Waals surface area contributed by atoms with Crippen molar-refractivity contribution in [3.05, 3.63) is 12.7 Å². The molecule has 1 fully saturated rings. The summed E-state index contributed by atoms with van der Waals surface area (Å²) in [7, 11) is 1.76. The van der Waals surface area contributed by atoms with Crippen LogP contribution < -0.4 is 0 Å². The quantitative estimate of drug-likeness (QED) is 0.647. The summed E-state index contributed by atoms with van der Waals surface area (Å²) in [5.41, 5.74) is -0.175. The summed E-state index contributed by atoms with van der Waals surface area (Å²) in [4.78, 5) is 0. The van der Waals surface area contributed by atoms with Gasteiger partial charge in [0.1, 0.15) is 0 Å². The molecule has 0 amide bonds. The lowest BCUT2D eigenvalue weighted by atomic mass is 9.93. The van der Waals surface area contributed by atoms with Crippen molar-refractivity contribution in [2.45, 2.75) is 51.4 Å². The number of rotatable bonds is 4. The van der Waals surface area contributed by atoms with E-state index >= 15 is 0 Å². The maximum Gasteiger partial charge on any atom is 0.0953 e. The molecular formula is C12H22O2. The molecule has 2 heteroatoms. The third-order valence-corrected chi connectivity index (χ3v) is 3.13. The maximum atomic E-state index is 6.06. The molecule has 3 atom stereocenters. The molecule has 1 aliphatic heterocycles. The summed E-state index contributed by atoms with van der Waals surface area (Å²) in [6.07, 6.45) is 4.29. The fourth-order valence-electron chi connectivity index (χ4n) is 2.15. The third-order valence-electron chi connectivity index (χ3n) is 3.13. The lowest BCUT2D eigenvalue weighted by Gasteiger charge is -2.29. The van der Waals surface area contributed by atoms with Crippen LogP contribution in [0.2, 0.25) is 0 Å². The highest BCUT2D eigenvalue weighted by Crippen LogP contribution is 2.37. The van der Waals surface area contributed by atoms with Gasteiger partial charge in [-0.1, -0.05) is 19.9 Å². The van der Waals surface area contributed by atoms with Gasteiger partial charge in [0.25, 0.3) is 0 Å². The Balaban J connectivity index is 2.70. The fraction of sp³-hybridized carbons (Fsp3) is 0.833. The second kappa shape index (κ2) is 4.45. The molecule has 82 valence electrons. The van der Waals surface area contributed by atoms with E-state index < -0.39 is 0 Å². The molecule has 2 nitrogen and oxygen atoms in total. The molecule has 0 aliphatic carbocycles. The minimum absolute atomic E-state index is 0.175. The smallest absolute Gasteiger partial charge is 0.0953 e. The minimum atomic E-state index is -0.175. The van der Waals surface area contributed by atoms with Crippen LogP contribution in [0.15, 0.2) is 12.7 Å². The Labute approximate surface area is 87.3 Å². The molecule has 1 rings (SSSR count). The van der Waals surface area contributed by atoms with Gasteiger partial charge in [-0.05, 0) is 19.3 Å². The van der Waals surface area contributed by atoms with E-state index in [1.165, 1.54) is 0 Å². The first-order valence-corrected chi connectivity index (χ1v) is 5.35.